The fraction of sp³-hybridized carbons (Fsp3) is 0.105. The van der Waals surface area contributed by atoms with E-state index in [9.17, 15) is 4.79 Å². The van der Waals surface area contributed by atoms with Crippen LogP contribution in [0.1, 0.15) is 10.4 Å². The van der Waals surface area contributed by atoms with Crippen molar-refractivity contribution in [3.63, 3.8) is 0 Å². The van der Waals surface area contributed by atoms with E-state index in [1.807, 2.05) is 24.3 Å². The van der Waals surface area contributed by atoms with Crippen LogP contribution in [0.2, 0.25) is 10.0 Å². The molecule has 2 aromatic heterocycles. The van der Waals surface area contributed by atoms with Gasteiger partial charge in [0.15, 0.2) is 5.13 Å². The number of halogens is 2. The van der Waals surface area contributed by atoms with Gasteiger partial charge in [0.2, 0.25) is 11.1 Å². The summed E-state index contributed by atoms with van der Waals surface area (Å²) in [6.07, 6.45) is 2.41. The standard InChI is InChI=1S/C19H14Cl2N6OS2/c20-13-5-7-14(8-6-13)27-19(24-25-26-27)29-11-17(28)23-18-22-10-15(30-18)9-12-3-1-2-4-16(12)21/h1-8,10H,9,11H2,(H,22,23,28). The second-order valence-electron chi connectivity index (χ2n) is 6.09. The molecule has 2 aromatic carbocycles. The van der Waals surface area contributed by atoms with Crippen LogP contribution in [0.25, 0.3) is 5.69 Å². The van der Waals surface area contributed by atoms with Crippen molar-refractivity contribution in [2.24, 2.45) is 0 Å². The number of benzene rings is 2. The molecule has 0 spiro atoms. The molecule has 1 amide bonds. The molecule has 0 aliphatic carbocycles. The van der Waals surface area contributed by atoms with E-state index in [1.165, 1.54) is 23.1 Å². The minimum absolute atomic E-state index is 0.146. The highest BCUT2D eigenvalue weighted by Crippen LogP contribution is 2.25. The van der Waals surface area contributed by atoms with Crippen molar-refractivity contribution in [2.45, 2.75) is 11.6 Å². The molecule has 30 heavy (non-hydrogen) atoms. The van der Waals surface area contributed by atoms with Gasteiger partial charge in [0.25, 0.3) is 0 Å². The number of nitrogens with one attached hydrogen (secondary N) is 1. The Kier molecular flexibility index (Phi) is 6.63. The van der Waals surface area contributed by atoms with E-state index in [4.69, 9.17) is 23.2 Å². The minimum atomic E-state index is -0.190. The maximum absolute atomic E-state index is 12.3. The third-order valence-electron chi connectivity index (χ3n) is 3.97. The second-order valence-corrected chi connectivity index (χ2v) is 8.99. The number of hydrogen-bond acceptors (Lipinski definition) is 7. The van der Waals surface area contributed by atoms with Gasteiger partial charge in [0.05, 0.1) is 11.4 Å². The van der Waals surface area contributed by atoms with E-state index >= 15 is 0 Å². The van der Waals surface area contributed by atoms with Crippen molar-refractivity contribution in [3.8, 4) is 5.69 Å². The molecule has 152 valence electrons. The molecule has 0 unspecified atom stereocenters. The van der Waals surface area contributed by atoms with E-state index in [2.05, 4.69) is 25.8 Å². The van der Waals surface area contributed by atoms with Crippen LogP contribution in [-0.2, 0) is 11.2 Å². The van der Waals surface area contributed by atoms with Crippen LogP contribution in [0, 0.1) is 0 Å². The summed E-state index contributed by atoms with van der Waals surface area (Å²) in [5.74, 6) is -0.0442. The lowest BCUT2D eigenvalue weighted by Gasteiger charge is -2.04. The first-order valence-electron chi connectivity index (χ1n) is 8.73. The molecule has 0 fully saturated rings. The summed E-state index contributed by atoms with van der Waals surface area (Å²) in [6, 6.07) is 14.8. The molecular formula is C19H14Cl2N6OS2. The van der Waals surface area contributed by atoms with Crippen LogP contribution in [0.3, 0.4) is 0 Å². The number of hydrogen-bond donors (Lipinski definition) is 1. The Balaban J connectivity index is 1.34. The highest BCUT2D eigenvalue weighted by atomic mass is 35.5. The van der Waals surface area contributed by atoms with Gasteiger partial charge in [-0.15, -0.1) is 16.4 Å². The van der Waals surface area contributed by atoms with E-state index in [1.54, 1.807) is 35.1 Å². The molecule has 7 nitrogen and oxygen atoms in total. The summed E-state index contributed by atoms with van der Waals surface area (Å²) in [5.41, 5.74) is 1.78. The van der Waals surface area contributed by atoms with Gasteiger partial charge in [0, 0.05) is 27.5 Å². The molecule has 1 N–H and O–H groups in total. The van der Waals surface area contributed by atoms with Gasteiger partial charge in [-0.25, -0.2) is 4.98 Å². The molecule has 0 saturated heterocycles. The summed E-state index contributed by atoms with van der Waals surface area (Å²) < 4.78 is 1.55. The van der Waals surface area contributed by atoms with Gasteiger partial charge < -0.3 is 5.32 Å². The minimum Gasteiger partial charge on any atom is -0.301 e. The molecule has 0 radical (unpaired) electrons. The number of rotatable bonds is 7. The zero-order chi connectivity index (χ0) is 20.9. The molecular weight excluding hydrogens is 463 g/mol. The molecule has 0 aliphatic rings. The van der Waals surface area contributed by atoms with Gasteiger partial charge in [-0.2, -0.15) is 4.68 Å². The third kappa shape index (κ3) is 5.17. The Morgan fingerprint density at radius 3 is 2.73 bits per heavy atom. The summed E-state index contributed by atoms with van der Waals surface area (Å²) in [6.45, 7) is 0. The molecule has 2 heterocycles. The second kappa shape index (κ2) is 9.57. The lowest BCUT2D eigenvalue weighted by molar-refractivity contribution is -0.113. The highest BCUT2D eigenvalue weighted by molar-refractivity contribution is 7.99. The highest BCUT2D eigenvalue weighted by Gasteiger charge is 2.13. The van der Waals surface area contributed by atoms with E-state index in [0.717, 1.165) is 16.1 Å². The monoisotopic (exact) mass is 476 g/mol. The molecule has 0 atom stereocenters. The van der Waals surface area contributed by atoms with Crippen molar-refractivity contribution in [2.75, 3.05) is 11.1 Å². The number of nitrogens with zero attached hydrogens (tertiary/aromatic N) is 5. The fourth-order valence-electron chi connectivity index (χ4n) is 2.58. The van der Waals surface area contributed by atoms with Crippen molar-refractivity contribution >= 4 is 57.3 Å². The van der Waals surface area contributed by atoms with Gasteiger partial charge in [0.1, 0.15) is 0 Å². The Morgan fingerprint density at radius 1 is 1.13 bits per heavy atom. The molecule has 0 aliphatic heterocycles. The number of carbonyl (C=O) groups excluding carboxylic acids is 1. The number of anilines is 1. The zero-order valence-corrected chi connectivity index (χ0v) is 18.5. The lowest BCUT2D eigenvalue weighted by Crippen LogP contribution is -2.14. The van der Waals surface area contributed by atoms with Crippen molar-refractivity contribution in [1.82, 2.24) is 25.2 Å². The first-order valence-corrected chi connectivity index (χ1v) is 11.3. The number of carbonyl (C=O) groups is 1. The van der Waals surface area contributed by atoms with Crippen LogP contribution in [-0.4, -0.2) is 36.9 Å². The van der Waals surface area contributed by atoms with Crippen LogP contribution in [0.4, 0.5) is 5.13 Å². The topological polar surface area (TPSA) is 85.6 Å². The molecule has 0 saturated carbocycles. The first kappa shape index (κ1) is 20.8. The molecule has 11 heteroatoms. The normalized spacial score (nSPS) is 10.9. The van der Waals surface area contributed by atoms with Crippen LogP contribution >= 0.6 is 46.3 Å². The number of thioether (sulfide) groups is 1. The molecule has 4 aromatic rings. The van der Waals surface area contributed by atoms with Crippen LogP contribution in [0.5, 0.6) is 0 Å². The Morgan fingerprint density at radius 2 is 1.93 bits per heavy atom. The first-order chi connectivity index (χ1) is 14.6. The smallest absolute Gasteiger partial charge is 0.236 e. The quantitative estimate of drug-likeness (QED) is 0.387. The maximum Gasteiger partial charge on any atom is 0.236 e. The van der Waals surface area contributed by atoms with Crippen LogP contribution < -0.4 is 5.32 Å². The number of amides is 1. The number of thiazole rings is 1. The van der Waals surface area contributed by atoms with Crippen molar-refractivity contribution in [3.05, 3.63) is 75.2 Å². The number of tetrazole rings is 1. The third-order valence-corrected chi connectivity index (χ3v) is 6.42. The van der Waals surface area contributed by atoms with E-state index < -0.39 is 0 Å². The predicted octanol–water partition coefficient (Wildman–Crippen LogP) is 4.75. The fourth-order valence-corrected chi connectivity index (χ4v) is 4.45. The summed E-state index contributed by atoms with van der Waals surface area (Å²) in [4.78, 5) is 17.6. The lowest BCUT2D eigenvalue weighted by atomic mass is 10.1. The summed E-state index contributed by atoms with van der Waals surface area (Å²) >= 11 is 14.8. The van der Waals surface area contributed by atoms with Gasteiger partial charge >= 0.3 is 0 Å². The Bertz CT molecular complexity index is 1160. The van der Waals surface area contributed by atoms with Crippen molar-refractivity contribution in [1.29, 1.82) is 0 Å². The van der Waals surface area contributed by atoms with Crippen molar-refractivity contribution < 1.29 is 4.79 Å². The van der Waals surface area contributed by atoms with Gasteiger partial charge in [-0.3, -0.25) is 4.79 Å². The average molecular weight is 477 g/mol. The number of aromatic nitrogens is 5. The van der Waals surface area contributed by atoms with Gasteiger partial charge in [-0.1, -0.05) is 53.2 Å². The Labute approximate surface area is 190 Å². The summed E-state index contributed by atoms with van der Waals surface area (Å²) in [5, 5.41) is 16.8. The Hall–Kier alpha value is -2.46. The van der Waals surface area contributed by atoms with Gasteiger partial charge in [-0.05, 0) is 46.3 Å². The molecule has 4 rings (SSSR count). The van der Waals surface area contributed by atoms with Crippen LogP contribution in [0.15, 0.2) is 59.9 Å². The summed E-state index contributed by atoms with van der Waals surface area (Å²) in [7, 11) is 0. The molecule has 0 bridgehead atoms. The predicted molar refractivity (Wildman–Crippen MR) is 120 cm³/mol. The average Bonchev–Trinajstić information content (AvgIpc) is 3.38. The van der Waals surface area contributed by atoms with E-state index in [-0.39, 0.29) is 11.7 Å². The largest absolute Gasteiger partial charge is 0.301 e. The zero-order valence-electron chi connectivity index (χ0n) is 15.3. The SMILES string of the molecule is O=C(CSc1nnnn1-c1ccc(Cl)cc1)Nc1ncc(Cc2ccccc2Cl)s1. The maximum atomic E-state index is 12.3. The van der Waals surface area contributed by atoms with E-state index in [0.29, 0.717) is 26.8 Å².